The molecule has 2 aromatic rings. The van der Waals surface area contributed by atoms with Gasteiger partial charge in [0.1, 0.15) is 11.6 Å². The zero-order chi connectivity index (χ0) is 52.8. The minimum absolute atomic E-state index is 0.0706. The van der Waals surface area contributed by atoms with Crippen LogP contribution in [0.25, 0.3) is 5.57 Å². The van der Waals surface area contributed by atoms with Crippen LogP contribution in [0, 0.1) is 17.8 Å². The first-order valence-electron chi connectivity index (χ1n) is 29.1. The van der Waals surface area contributed by atoms with E-state index >= 15 is 0 Å². The van der Waals surface area contributed by atoms with Gasteiger partial charge >= 0.3 is 0 Å². The van der Waals surface area contributed by atoms with Gasteiger partial charge in [-0.2, -0.15) is 0 Å². The Morgan fingerprint density at radius 1 is 0.716 bits per heavy atom. The summed E-state index contributed by atoms with van der Waals surface area (Å²) in [5.41, 5.74) is 9.51. The number of halogens is 2. The number of unbranched alkanes of at least 4 members (excludes halogenated alkanes) is 6. The molecule has 9 heteroatoms. The van der Waals surface area contributed by atoms with Crippen LogP contribution in [-0.2, 0) is 32.0 Å². The van der Waals surface area contributed by atoms with Gasteiger partial charge in [0, 0.05) is 86.0 Å². The van der Waals surface area contributed by atoms with Crippen LogP contribution in [0.2, 0.25) is 0 Å². The van der Waals surface area contributed by atoms with E-state index in [2.05, 4.69) is 18.8 Å². The molecule has 1 saturated carbocycles. The van der Waals surface area contributed by atoms with Gasteiger partial charge in [0.15, 0.2) is 11.6 Å². The molecule has 0 spiro atoms. The number of hydrogen-bond acceptors (Lipinski definition) is 6. The molecule has 1 saturated heterocycles. The lowest BCUT2D eigenvalue weighted by Gasteiger charge is -2.29. The third kappa shape index (κ3) is 18.3. The Kier molecular flexibility index (Phi) is 24.4. The summed E-state index contributed by atoms with van der Waals surface area (Å²) in [5, 5.41) is 2.74. The summed E-state index contributed by atoms with van der Waals surface area (Å²) in [7, 11) is 0. The van der Waals surface area contributed by atoms with Gasteiger partial charge in [0.05, 0.1) is 0 Å². The first kappa shape index (κ1) is 58.6. The Bertz CT molecular complexity index is 2330. The van der Waals surface area contributed by atoms with Gasteiger partial charge in [-0.1, -0.05) is 126 Å². The van der Waals surface area contributed by atoms with Gasteiger partial charge < -0.3 is 10.1 Å². The Hall–Kier alpha value is -4.63. The summed E-state index contributed by atoms with van der Waals surface area (Å²) in [6.45, 7) is 11.1. The van der Waals surface area contributed by atoms with E-state index in [0.717, 1.165) is 145 Å². The second kappa shape index (κ2) is 30.8. The summed E-state index contributed by atoms with van der Waals surface area (Å²) >= 11 is 0. The number of hydrogen-bond donors (Lipinski definition) is 1. The molecule has 404 valence electrons. The van der Waals surface area contributed by atoms with Crippen molar-refractivity contribution in [3.05, 3.63) is 111 Å². The van der Waals surface area contributed by atoms with E-state index in [1.54, 1.807) is 17.2 Å². The van der Waals surface area contributed by atoms with Crippen LogP contribution >= 0.6 is 0 Å². The Morgan fingerprint density at radius 3 is 2.18 bits per heavy atom. The van der Waals surface area contributed by atoms with Crippen molar-refractivity contribution in [1.29, 1.82) is 0 Å². The zero-order valence-corrected chi connectivity index (χ0v) is 45.5. The van der Waals surface area contributed by atoms with Gasteiger partial charge in [-0.3, -0.25) is 24.0 Å². The Balaban J connectivity index is 0.867. The smallest absolute Gasteiger partial charge is 0.264 e. The molecular formula is C65H89F2NO6. The molecule has 1 N–H and O–H groups in total. The summed E-state index contributed by atoms with van der Waals surface area (Å²) in [6, 6.07) is 9.48. The molecule has 74 heavy (non-hydrogen) atoms. The maximum Gasteiger partial charge on any atom is 0.264 e. The molecule has 0 bridgehead atoms. The predicted octanol–water partition coefficient (Wildman–Crippen LogP) is 16.8. The number of fused-ring (bicyclic) bond motifs is 1. The van der Waals surface area contributed by atoms with Crippen molar-refractivity contribution in [2.75, 3.05) is 13.2 Å². The second-order valence-electron chi connectivity index (χ2n) is 22.3. The molecule has 0 aromatic heterocycles. The average molecular weight is 1020 g/mol. The monoisotopic (exact) mass is 1020 g/mol. The molecule has 3 aliphatic carbocycles. The van der Waals surface area contributed by atoms with Gasteiger partial charge in [-0.05, 0) is 155 Å². The van der Waals surface area contributed by atoms with Crippen molar-refractivity contribution in [3.8, 4) is 0 Å². The zero-order valence-electron chi connectivity index (χ0n) is 45.5. The standard InChI is InChI=1S/C65H89F2NO6/c1-5-50(53(24-19-27-56(70)6-2)38-47-20-13-11-14-21-47)31-32-51-23-18-25-54-42-61(62(65(66)67)44-60(51)54)55-30-28-49(39-55)40-57(71)26-15-8-10-17-37-74-36-16-9-7-12-22-48-29-34-58(59(41-48)46(4)69)63(72)43-52-33-35-64(73)68-45(52)3/h28-30,34,39,41-42,44,47,49,51-52,65H,3,5-27,31-33,35-38,40,43H2,1-2,4H3,(H,68,73)/b53-50-. The number of allylic oxidation sites excluding steroid dienone is 7. The number of piperidine rings is 1. The number of carbonyl (C=O) groups excluding carboxylic acids is 5. The maximum atomic E-state index is 14.9. The molecule has 2 fully saturated rings. The molecule has 2 aromatic carbocycles. The lowest BCUT2D eigenvalue weighted by molar-refractivity contribution is -0.122. The fourth-order valence-corrected chi connectivity index (χ4v) is 12.3. The summed E-state index contributed by atoms with van der Waals surface area (Å²) in [5.74, 6) is 1.09. The lowest BCUT2D eigenvalue weighted by atomic mass is 9.76. The highest BCUT2D eigenvalue weighted by atomic mass is 19.3. The molecule has 1 amide bonds. The highest BCUT2D eigenvalue weighted by Crippen LogP contribution is 2.43. The predicted molar refractivity (Wildman–Crippen MR) is 296 cm³/mol. The number of benzene rings is 2. The van der Waals surface area contributed by atoms with E-state index in [-0.39, 0.29) is 53.0 Å². The lowest BCUT2D eigenvalue weighted by Crippen LogP contribution is -2.33. The van der Waals surface area contributed by atoms with Crippen LogP contribution < -0.4 is 5.32 Å². The Morgan fingerprint density at radius 2 is 1.46 bits per heavy atom. The van der Waals surface area contributed by atoms with Gasteiger partial charge in [0.25, 0.3) is 6.43 Å². The van der Waals surface area contributed by atoms with Crippen LogP contribution in [-0.4, -0.2) is 42.3 Å². The van der Waals surface area contributed by atoms with E-state index < -0.39 is 6.43 Å². The number of Topliss-reactive ketones (excluding diaryl/α,β-unsaturated/α-hetero) is 4. The quantitative estimate of drug-likeness (QED) is 0.0434. The molecule has 1 aliphatic heterocycles. The third-order valence-electron chi connectivity index (χ3n) is 16.7. The first-order valence-corrected chi connectivity index (χ1v) is 29.1. The van der Waals surface area contributed by atoms with Gasteiger partial charge in [-0.25, -0.2) is 8.78 Å². The van der Waals surface area contributed by atoms with E-state index in [1.165, 1.54) is 44.6 Å². The van der Waals surface area contributed by atoms with E-state index in [1.807, 2.05) is 49.4 Å². The van der Waals surface area contributed by atoms with Crippen molar-refractivity contribution < 1.29 is 37.5 Å². The molecular weight excluding hydrogens is 929 g/mol. The topological polar surface area (TPSA) is 107 Å². The normalized spacial score (nSPS) is 19.3. The molecule has 3 unspecified atom stereocenters. The largest absolute Gasteiger partial charge is 0.381 e. The first-order chi connectivity index (χ1) is 35.8. The molecule has 6 rings (SSSR count). The third-order valence-corrected chi connectivity index (χ3v) is 16.7. The number of rotatable bonds is 33. The number of aryl methyl sites for hydroxylation is 2. The SMILES string of the molecule is C=C1NC(=O)CCC1CC(=O)c1ccc(CCCCCCOCCCCCCC(=O)CC2C=CC(c3cc4c(cc3C(F)F)C(CC/C(CC)=C(/CCCC(=O)CC)CC3CCCCC3)CCC4)=C2)cc1C(C)=O. The average Bonchev–Trinajstić information content (AvgIpc) is 3.86. The van der Waals surface area contributed by atoms with Crippen molar-refractivity contribution in [2.24, 2.45) is 17.8 Å². The molecule has 4 aliphatic rings. The minimum atomic E-state index is -2.58. The van der Waals surface area contributed by atoms with Crippen LogP contribution in [0.1, 0.15) is 261 Å². The highest BCUT2D eigenvalue weighted by molar-refractivity contribution is 6.08. The number of nitrogens with one attached hydrogen (secondary N) is 1. The maximum absolute atomic E-state index is 14.9. The van der Waals surface area contributed by atoms with E-state index in [0.29, 0.717) is 73.3 Å². The van der Waals surface area contributed by atoms with Crippen LogP contribution in [0.3, 0.4) is 0 Å². The molecule has 7 nitrogen and oxygen atoms in total. The van der Waals surface area contributed by atoms with Crippen molar-refractivity contribution in [3.63, 3.8) is 0 Å². The van der Waals surface area contributed by atoms with Crippen LogP contribution in [0.5, 0.6) is 0 Å². The molecule has 1 heterocycles. The van der Waals surface area contributed by atoms with Crippen molar-refractivity contribution >= 4 is 34.6 Å². The summed E-state index contributed by atoms with van der Waals surface area (Å²) < 4.78 is 35.7. The number of amides is 1. The minimum Gasteiger partial charge on any atom is -0.381 e. The number of carbonyl (C=O) groups is 5. The van der Waals surface area contributed by atoms with Crippen LogP contribution in [0.4, 0.5) is 8.78 Å². The fourth-order valence-electron chi connectivity index (χ4n) is 12.3. The number of ketones is 4. The highest BCUT2D eigenvalue weighted by Gasteiger charge is 2.29. The van der Waals surface area contributed by atoms with Gasteiger partial charge in [-0.15, -0.1) is 0 Å². The molecule has 3 atom stereocenters. The van der Waals surface area contributed by atoms with Gasteiger partial charge in [0.2, 0.25) is 5.91 Å². The van der Waals surface area contributed by atoms with Crippen molar-refractivity contribution in [1.82, 2.24) is 5.32 Å². The Labute approximate surface area is 443 Å². The van der Waals surface area contributed by atoms with E-state index in [9.17, 15) is 32.8 Å². The van der Waals surface area contributed by atoms with E-state index in [4.69, 9.17) is 4.74 Å². The summed E-state index contributed by atoms with van der Waals surface area (Å²) in [6.07, 6.45) is 31.2. The number of alkyl halides is 2. The summed E-state index contributed by atoms with van der Waals surface area (Å²) in [4.78, 5) is 62.5. The van der Waals surface area contributed by atoms with Crippen LogP contribution in [0.15, 0.2) is 72.0 Å². The van der Waals surface area contributed by atoms with Crippen molar-refractivity contribution in [2.45, 2.75) is 226 Å². The number of ether oxygens (including phenoxy) is 1. The fraction of sp³-hybridized carbons (Fsp3) is 0.615. The molecule has 0 radical (unpaired) electrons. The second-order valence-corrected chi connectivity index (χ2v) is 22.3.